The number of hydrogen-bond acceptors (Lipinski definition) is 0. The molecule has 0 saturated heterocycles. The first-order valence-electron chi connectivity index (χ1n) is 2.30. The molecular weight excluding hydrogens is 152 g/mol. The molecule has 1 rings (SSSR count). The predicted molar refractivity (Wildman–Crippen MR) is 38.7 cm³/mol. The molecule has 1 nitrogen and oxygen atoms in total. The Kier molecular flexibility index (Phi) is 7.76. The number of aryl methyl sites for hydroxylation is 1. The summed E-state index contributed by atoms with van der Waals surface area (Å²) in [5.74, 6) is 0. The lowest BCUT2D eigenvalue weighted by molar-refractivity contribution is -0.671. The van der Waals surface area contributed by atoms with Crippen LogP contribution in [-0.2, 0) is 7.05 Å². The lowest BCUT2D eigenvalue weighted by Crippen LogP contribution is -3.00. The third-order valence-electron chi connectivity index (χ3n) is 0.865. The minimum absolute atomic E-state index is 0. The highest BCUT2D eigenvalue weighted by molar-refractivity contribution is 6.92. The van der Waals surface area contributed by atoms with E-state index < -0.39 is 0 Å². The Balaban J connectivity index is 0. The van der Waals surface area contributed by atoms with E-state index >= 15 is 0 Å². The highest BCUT2D eigenvalue weighted by Crippen LogP contribution is 1.71. The van der Waals surface area contributed by atoms with E-state index in [1.165, 1.54) is 0 Å². The Morgan fingerprint density at radius 2 is 1.44 bits per heavy atom. The van der Waals surface area contributed by atoms with Crippen LogP contribution in [-0.4, -0.2) is 0 Å². The summed E-state index contributed by atoms with van der Waals surface area (Å²) in [6.45, 7) is 0. The Morgan fingerprint density at radius 3 is 1.67 bits per heavy atom. The molecule has 0 aliphatic carbocycles. The second-order valence-electron chi connectivity index (χ2n) is 1.54. The topological polar surface area (TPSA) is 3.88 Å². The van der Waals surface area contributed by atoms with Crippen LogP contribution in [0.3, 0.4) is 0 Å². The number of halogens is 1. The molecule has 0 aromatic carbocycles. The monoisotopic (exact) mass is 163 g/mol. The van der Waals surface area contributed by atoms with Gasteiger partial charge in [-0.3, -0.25) is 0 Å². The van der Waals surface area contributed by atoms with Crippen LogP contribution in [0.1, 0.15) is 0 Å². The molecule has 1 unspecified atom stereocenters. The summed E-state index contributed by atoms with van der Waals surface area (Å²) >= 11 is 0. The Morgan fingerprint density at radius 1 is 1.00 bits per heavy atom. The van der Waals surface area contributed by atoms with Gasteiger partial charge in [-0.15, -0.1) is 0 Å². The zero-order valence-corrected chi connectivity index (χ0v) is 7.59. The molecule has 0 aliphatic rings. The number of nitrogens with zero attached hydrogens (tertiary/aromatic N) is 1. The fourth-order valence-electron chi connectivity index (χ4n) is 0.485. The molecule has 0 N–H and O–H groups in total. The minimum atomic E-state index is 0. The van der Waals surface area contributed by atoms with Crippen LogP contribution in [0.15, 0.2) is 30.6 Å². The molecule has 52 valence electrons. The van der Waals surface area contributed by atoms with E-state index in [1.807, 2.05) is 42.2 Å². The van der Waals surface area contributed by atoms with Gasteiger partial charge in [-0.25, -0.2) is 4.57 Å². The van der Waals surface area contributed by atoms with Gasteiger partial charge >= 0.3 is 0 Å². The van der Waals surface area contributed by atoms with Crippen molar-refractivity contribution in [1.29, 1.82) is 0 Å². The average molecular weight is 164 g/mol. The van der Waals surface area contributed by atoms with Crippen molar-refractivity contribution in [1.82, 2.24) is 0 Å². The van der Waals surface area contributed by atoms with Gasteiger partial charge in [-0.2, -0.15) is 9.90 Å². The summed E-state index contributed by atoms with van der Waals surface area (Å²) in [4.78, 5) is 0. The van der Waals surface area contributed by atoms with Crippen molar-refractivity contribution in [2.75, 3.05) is 0 Å². The fourth-order valence-corrected chi connectivity index (χ4v) is 0.485. The van der Waals surface area contributed by atoms with E-state index in [2.05, 4.69) is 0 Å². The Hall–Kier alpha value is -0.130. The SMILES string of the molecule is C[n+]1ccccc1.P.[Cl-]. The molecule has 1 aromatic rings. The first kappa shape index (κ1) is 11.6. The van der Waals surface area contributed by atoms with Gasteiger partial charge in [0.15, 0.2) is 12.4 Å². The maximum absolute atomic E-state index is 2.00. The smallest absolute Gasteiger partial charge is 0.168 e. The molecule has 0 amide bonds. The summed E-state index contributed by atoms with van der Waals surface area (Å²) in [7, 11) is 2.00. The maximum Gasteiger partial charge on any atom is 0.168 e. The summed E-state index contributed by atoms with van der Waals surface area (Å²) in [5, 5.41) is 0. The molecule has 0 radical (unpaired) electrons. The van der Waals surface area contributed by atoms with E-state index in [0.717, 1.165) is 0 Å². The highest BCUT2D eigenvalue weighted by atomic mass is 35.5. The third kappa shape index (κ3) is 4.38. The number of aromatic nitrogens is 1. The summed E-state index contributed by atoms with van der Waals surface area (Å²) in [6.07, 6.45) is 4.00. The molecule has 1 atom stereocenters. The molecular formula is C6H11ClNP. The van der Waals surface area contributed by atoms with Crippen molar-refractivity contribution in [3.05, 3.63) is 30.6 Å². The van der Waals surface area contributed by atoms with Crippen molar-refractivity contribution >= 4 is 9.90 Å². The van der Waals surface area contributed by atoms with Crippen molar-refractivity contribution < 1.29 is 17.0 Å². The fraction of sp³-hybridized carbons (Fsp3) is 0.167. The van der Waals surface area contributed by atoms with Crippen molar-refractivity contribution in [3.63, 3.8) is 0 Å². The average Bonchev–Trinajstić information content (AvgIpc) is 1.69. The maximum atomic E-state index is 2.00. The van der Waals surface area contributed by atoms with E-state index in [-0.39, 0.29) is 22.3 Å². The van der Waals surface area contributed by atoms with Gasteiger partial charge in [-0.05, 0) is 0 Å². The molecule has 0 aliphatic heterocycles. The van der Waals surface area contributed by atoms with Crippen LogP contribution in [0.2, 0.25) is 0 Å². The highest BCUT2D eigenvalue weighted by Gasteiger charge is 1.78. The first-order valence-corrected chi connectivity index (χ1v) is 2.30. The second kappa shape index (κ2) is 6.00. The lowest BCUT2D eigenvalue weighted by Gasteiger charge is -1.77. The summed E-state index contributed by atoms with van der Waals surface area (Å²) in [6, 6.07) is 6.00. The van der Waals surface area contributed by atoms with Crippen molar-refractivity contribution in [2.24, 2.45) is 7.05 Å². The van der Waals surface area contributed by atoms with Gasteiger partial charge in [0.2, 0.25) is 0 Å². The van der Waals surface area contributed by atoms with Gasteiger partial charge in [0.25, 0.3) is 0 Å². The van der Waals surface area contributed by atoms with Gasteiger partial charge in [0.05, 0.1) is 0 Å². The summed E-state index contributed by atoms with van der Waals surface area (Å²) < 4.78 is 2.00. The molecule has 0 spiro atoms. The van der Waals surface area contributed by atoms with Crippen LogP contribution < -0.4 is 17.0 Å². The van der Waals surface area contributed by atoms with Crippen LogP contribution in [0.5, 0.6) is 0 Å². The quantitative estimate of drug-likeness (QED) is 0.296. The molecule has 1 heterocycles. The number of rotatable bonds is 0. The van der Waals surface area contributed by atoms with Crippen molar-refractivity contribution in [2.45, 2.75) is 0 Å². The van der Waals surface area contributed by atoms with Crippen LogP contribution in [0.25, 0.3) is 0 Å². The molecule has 9 heavy (non-hydrogen) atoms. The van der Waals surface area contributed by atoms with Crippen LogP contribution in [0.4, 0.5) is 0 Å². The van der Waals surface area contributed by atoms with Gasteiger partial charge in [-0.1, -0.05) is 6.07 Å². The van der Waals surface area contributed by atoms with Gasteiger partial charge in [0, 0.05) is 12.1 Å². The largest absolute Gasteiger partial charge is 1.00 e. The zero-order chi connectivity index (χ0) is 5.11. The first-order chi connectivity index (χ1) is 3.39. The van der Waals surface area contributed by atoms with Crippen LogP contribution >= 0.6 is 9.90 Å². The van der Waals surface area contributed by atoms with E-state index in [1.54, 1.807) is 0 Å². The van der Waals surface area contributed by atoms with Crippen molar-refractivity contribution in [3.8, 4) is 0 Å². The molecule has 1 aromatic heterocycles. The number of pyridine rings is 1. The van der Waals surface area contributed by atoms with Gasteiger partial charge in [0.1, 0.15) is 7.05 Å². The molecule has 0 bridgehead atoms. The Bertz CT molecular complexity index is 143. The Labute approximate surface area is 65.1 Å². The zero-order valence-electron chi connectivity index (χ0n) is 5.42. The summed E-state index contributed by atoms with van der Waals surface area (Å²) in [5.41, 5.74) is 0. The minimum Gasteiger partial charge on any atom is -1.00 e. The normalized spacial score (nSPS) is 6.78. The van der Waals surface area contributed by atoms with Gasteiger partial charge < -0.3 is 12.4 Å². The van der Waals surface area contributed by atoms with Crippen LogP contribution in [0, 0.1) is 0 Å². The predicted octanol–water partition coefficient (Wildman–Crippen LogP) is -2.43. The van der Waals surface area contributed by atoms with E-state index in [0.29, 0.717) is 0 Å². The van der Waals surface area contributed by atoms with E-state index in [4.69, 9.17) is 0 Å². The molecule has 3 heteroatoms. The number of hydrogen-bond donors (Lipinski definition) is 0. The molecule has 0 fully saturated rings. The third-order valence-corrected chi connectivity index (χ3v) is 0.865. The standard InChI is InChI=1S/C6H8N.ClH.H3P/c1-7-5-3-2-4-6-7;;/h2-6H,1H3;1H;1H3/q+1;;/p-1. The molecule has 0 saturated carbocycles. The van der Waals surface area contributed by atoms with E-state index in [9.17, 15) is 0 Å². The lowest BCUT2D eigenvalue weighted by atomic mass is 10.5. The second-order valence-corrected chi connectivity index (χ2v) is 1.54.